The summed E-state index contributed by atoms with van der Waals surface area (Å²) in [4.78, 5) is 30.9. The molecule has 0 aliphatic heterocycles. The van der Waals surface area contributed by atoms with Gasteiger partial charge in [0.15, 0.2) is 0 Å². The van der Waals surface area contributed by atoms with Gasteiger partial charge in [0.2, 0.25) is 5.95 Å². The highest BCUT2D eigenvalue weighted by molar-refractivity contribution is 5.81. The third-order valence-corrected chi connectivity index (χ3v) is 1.17. The number of rotatable bonds is 1. The molecule has 0 spiro atoms. The van der Waals surface area contributed by atoms with E-state index < -0.39 is 11.8 Å². The van der Waals surface area contributed by atoms with Crippen LogP contribution < -0.4 is 11.0 Å². The maximum atomic E-state index is 10.8. The molecule has 1 amide bonds. The summed E-state index contributed by atoms with van der Waals surface area (Å²) in [5, 5.41) is 2.21. The normalized spacial score (nSPS) is 9.38. The predicted octanol–water partition coefficient (Wildman–Crippen LogP) is -0.348. The lowest BCUT2D eigenvalue weighted by Gasteiger charge is -2.01. The monoisotopic (exact) mass is 184 g/mol. The van der Waals surface area contributed by atoms with Gasteiger partial charge in [0, 0.05) is 0 Å². The van der Waals surface area contributed by atoms with E-state index in [0.29, 0.717) is 0 Å². The molecular formula is C6H8N4O3. The maximum Gasteiger partial charge on any atom is 0.413 e. The van der Waals surface area contributed by atoms with Gasteiger partial charge in [-0.15, -0.1) is 0 Å². The molecule has 0 aliphatic carbocycles. The Balaban J connectivity index is 2.89. The average Bonchev–Trinajstić information content (AvgIpc) is 2.02. The van der Waals surface area contributed by atoms with E-state index in [0.717, 1.165) is 0 Å². The molecule has 0 unspecified atom stereocenters. The van der Waals surface area contributed by atoms with E-state index >= 15 is 0 Å². The maximum absolute atomic E-state index is 10.8. The van der Waals surface area contributed by atoms with Gasteiger partial charge in [0.1, 0.15) is 5.82 Å². The minimum Gasteiger partial charge on any atom is -0.453 e. The Morgan fingerprint density at radius 1 is 1.54 bits per heavy atom. The van der Waals surface area contributed by atoms with Crippen molar-refractivity contribution in [1.29, 1.82) is 0 Å². The van der Waals surface area contributed by atoms with Gasteiger partial charge in [-0.25, -0.2) is 9.59 Å². The molecule has 0 aromatic carbocycles. The minimum atomic E-state index is -0.700. The van der Waals surface area contributed by atoms with Crippen LogP contribution in [-0.2, 0) is 4.74 Å². The molecule has 7 nitrogen and oxygen atoms in total. The van der Waals surface area contributed by atoms with Crippen molar-refractivity contribution in [3.8, 4) is 0 Å². The molecule has 1 heterocycles. The number of amides is 1. The highest BCUT2D eigenvalue weighted by Gasteiger charge is 2.03. The number of nitrogens with one attached hydrogen (secondary N) is 2. The number of ether oxygens (including phenoxy) is 1. The Bertz CT molecular complexity index is 372. The van der Waals surface area contributed by atoms with E-state index in [1.165, 1.54) is 14.0 Å². The predicted molar refractivity (Wildman–Crippen MR) is 43.4 cm³/mol. The molecule has 0 radical (unpaired) electrons. The first-order valence-corrected chi connectivity index (χ1v) is 3.42. The zero-order chi connectivity index (χ0) is 9.84. The zero-order valence-electron chi connectivity index (χ0n) is 7.12. The summed E-state index contributed by atoms with van der Waals surface area (Å²) in [6.07, 6.45) is -0.700. The second-order valence-corrected chi connectivity index (χ2v) is 2.17. The summed E-state index contributed by atoms with van der Waals surface area (Å²) in [5.74, 6) is 0.291. The number of H-pyrrole nitrogens is 1. The number of anilines is 1. The van der Waals surface area contributed by atoms with Gasteiger partial charge in [-0.3, -0.25) is 10.3 Å². The number of aromatic nitrogens is 3. The molecule has 1 rings (SSSR count). The smallest absolute Gasteiger partial charge is 0.413 e. The van der Waals surface area contributed by atoms with Gasteiger partial charge in [0.05, 0.1) is 7.11 Å². The van der Waals surface area contributed by atoms with E-state index in [9.17, 15) is 9.59 Å². The quantitative estimate of drug-likeness (QED) is 0.621. The molecule has 13 heavy (non-hydrogen) atoms. The molecule has 1 aromatic heterocycles. The van der Waals surface area contributed by atoms with Crippen LogP contribution >= 0.6 is 0 Å². The van der Waals surface area contributed by atoms with Gasteiger partial charge in [-0.2, -0.15) is 9.97 Å². The molecule has 70 valence electrons. The first-order valence-electron chi connectivity index (χ1n) is 3.42. The van der Waals surface area contributed by atoms with Gasteiger partial charge in [0.25, 0.3) is 0 Å². The second-order valence-electron chi connectivity index (χ2n) is 2.17. The van der Waals surface area contributed by atoms with Gasteiger partial charge >= 0.3 is 11.8 Å². The highest BCUT2D eigenvalue weighted by Crippen LogP contribution is 1.93. The lowest BCUT2D eigenvalue weighted by atomic mass is 10.7. The van der Waals surface area contributed by atoms with Gasteiger partial charge in [-0.1, -0.05) is 0 Å². The first kappa shape index (κ1) is 9.17. The standard InChI is InChI=1S/C6H8N4O3/c1-3-7-4(9-5(11)8-3)10-6(12)13-2/h1-2H3,(H2,7,8,9,10,11,12). The van der Waals surface area contributed by atoms with Crippen molar-refractivity contribution in [3.63, 3.8) is 0 Å². The lowest BCUT2D eigenvalue weighted by Crippen LogP contribution is -2.20. The van der Waals surface area contributed by atoms with Crippen LogP contribution in [0.25, 0.3) is 0 Å². The largest absolute Gasteiger partial charge is 0.453 e. The summed E-state index contributed by atoms with van der Waals surface area (Å²) in [7, 11) is 1.21. The van der Waals surface area contributed by atoms with E-state index in [-0.39, 0.29) is 11.8 Å². The van der Waals surface area contributed by atoms with Crippen molar-refractivity contribution in [2.75, 3.05) is 12.4 Å². The van der Waals surface area contributed by atoms with Crippen molar-refractivity contribution in [2.45, 2.75) is 6.92 Å². The number of methoxy groups -OCH3 is 1. The van der Waals surface area contributed by atoms with Crippen LogP contribution in [0.5, 0.6) is 0 Å². The topological polar surface area (TPSA) is 97.0 Å². The van der Waals surface area contributed by atoms with Crippen LogP contribution in [0.3, 0.4) is 0 Å². The Hall–Kier alpha value is -1.92. The molecule has 0 aliphatic rings. The third kappa shape index (κ3) is 2.55. The average molecular weight is 184 g/mol. The van der Waals surface area contributed by atoms with E-state index in [1.807, 2.05) is 0 Å². The molecule has 0 saturated heterocycles. The summed E-state index contributed by atoms with van der Waals surface area (Å²) in [6, 6.07) is 0. The van der Waals surface area contributed by atoms with Crippen LogP contribution in [-0.4, -0.2) is 28.2 Å². The summed E-state index contributed by atoms with van der Waals surface area (Å²) in [6.45, 7) is 1.54. The summed E-state index contributed by atoms with van der Waals surface area (Å²) >= 11 is 0. The van der Waals surface area contributed by atoms with Crippen LogP contribution in [0.2, 0.25) is 0 Å². The molecule has 7 heteroatoms. The van der Waals surface area contributed by atoms with E-state index in [2.05, 4.69) is 25.0 Å². The van der Waals surface area contributed by atoms with Crippen molar-refractivity contribution < 1.29 is 9.53 Å². The molecular weight excluding hydrogens is 176 g/mol. The van der Waals surface area contributed by atoms with Crippen molar-refractivity contribution in [2.24, 2.45) is 0 Å². The number of hydrogen-bond acceptors (Lipinski definition) is 5. The Morgan fingerprint density at radius 3 is 2.77 bits per heavy atom. The van der Waals surface area contributed by atoms with Crippen molar-refractivity contribution >= 4 is 12.0 Å². The van der Waals surface area contributed by atoms with Crippen molar-refractivity contribution in [1.82, 2.24) is 15.0 Å². The number of aromatic amines is 1. The highest BCUT2D eigenvalue weighted by atomic mass is 16.5. The SMILES string of the molecule is COC(=O)Nc1nc(C)nc(=O)[nH]1. The zero-order valence-corrected chi connectivity index (χ0v) is 7.12. The number of hydrogen-bond donors (Lipinski definition) is 2. The number of aryl methyl sites for hydroxylation is 1. The molecule has 2 N–H and O–H groups in total. The molecule has 0 saturated carbocycles. The van der Waals surface area contributed by atoms with Crippen LogP contribution in [0.4, 0.5) is 10.7 Å². The number of nitrogens with zero attached hydrogens (tertiary/aromatic N) is 2. The number of carbonyl (C=O) groups is 1. The Kier molecular flexibility index (Phi) is 2.58. The fourth-order valence-corrected chi connectivity index (χ4v) is 0.698. The molecule has 0 fully saturated rings. The van der Waals surface area contributed by atoms with E-state index in [1.54, 1.807) is 0 Å². The van der Waals surface area contributed by atoms with Crippen molar-refractivity contribution in [3.05, 3.63) is 16.3 Å². The lowest BCUT2D eigenvalue weighted by molar-refractivity contribution is 0.186. The van der Waals surface area contributed by atoms with Gasteiger partial charge in [-0.05, 0) is 6.92 Å². The van der Waals surface area contributed by atoms with Crippen LogP contribution in [0, 0.1) is 6.92 Å². The first-order chi connectivity index (χ1) is 6.11. The Morgan fingerprint density at radius 2 is 2.23 bits per heavy atom. The fourth-order valence-electron chi connectivity index (χ4n) is 0.698. The minimum absolute atomic E-state index is 0.0179. The molecule has 0 atom stereocenters. The summed E-state index contributed by atoms with van der Waals surface area (Å²) in [5.41, 5.74) is -0.570. The molecule has 0 bridgehead atoms. The summed E-state index contributed by atoms with van der Waals surface area (Å²) < 4.78 is 4.30. The Labute approximate surface area is 73.2 Å². The number of carbonyl (C=O) groups excluding carboxylic acids is 1. The second kappa shape index (κ2) is 3.65. The van der Waals surface area contributed by atoms with Crippen LogP contribution in [0.15, 0.2) is 4.79 Å². The molecule has 1 aromatic rings. The third-order valence-electron chi connectivity index (χ3n) is 1.17. The fraction of sp³-hybridized carbons (Fsp3) is 0.333. The van der Waals surface area contributed by atoms with Crippen LogP contribution in [0.1, 0.15) is 5.82 Å². The van der Waals surface area contributed by atoms with Gasteiger partial charge < -0.3 is 4.74 Å². The van der Waals surface area contributed by atoms with E-state index in [4.69, 9.17) is 0 Å².